The van der Waals surface area contributed by atoms with Gasteiger partial charge in [0.05, 0.1) is 6.04 Å². The maximum atomic E-state index is 12.7. The molecule has 2 aromatic carbocycles. The average molecular weight is 423 g/mol. The molecule has 1 atom stereocenters. The third-order valence-electron chi connectivity index (χ3n) is 6.09. The van der Waals surface area contributed by atoms with Gasteiger partial charge in [-0.25, -0.2) is 0 Å². The van der Waals surface area contributed by atoms with Gasteiger partial charge in [0, 0.05) is 42.7 Å². The lowest BCUT2D eigenvalue weighted by Crippen LogP contribution is -3.13. The first-order valence-electron chi connectivity index (χ1n) is 11.5. The van der Waals surface area contributed by atoms with Gasteiger partial charge in [-0.1, -0.05) is 38.1 Å². The Bertz CT molecular complexity index is 867. The molecule has 2 amide bonds. The Morgan fingerprint density at radius 2 is 1.61 bits per heavy atom. The summed E-state index contributed by atoms with van der Waals surface area (Å²) in [5.41, 5.74) is 4.00. The second-order valence-corrected chi connectivity index (χ2v) is 8.79. The van der Waals surface area contributed by atoms with Crippen molar-refractivity contribution in [3.63, 3.8) is 0 Å². The Balaban J connectivity index is 1.57. The highest BCUT2D eigenvalue weighted by molar-refractivity contribution is 5.96. The number of quaternary nitrogens is 1. The lowest BCUT2D eigenvalue weighted by molar-refractivity contribution is -0.916. The van der Waals surface area contributed by atoms with Crippen LogP contribution >= 0.6 is 0 Å². The Kier molecular flexibility index (Phi) is 7.85. The molecular formula is C26H36N3O2+. The van der Waals surface area contributed by atoms with Gasteiger partial charge in [-0.15, -0.1) is 0 Å². The van der Waals surface area contributed by atoms with E-state index in [1.807, 2.05) is 26.0 Å². The summed E-state index contributed by atoms with van der Waals surface area (Å²) in [5, 5.41) is 3.00. The van der Waals surface area contributed by atoms with E-state index < -0.39 is 0 Å². The van der Waals surface area contributed by atoms with Crippen molar-refractivity contribution >= 4 is 17.5 Å². The molecule has 0 saturated heterocycles. The number of carbonyl (C=O) groups excluding carboxylic acids is 2. The van der Waals surface area contributed by atoms with Crippen molar-refractivity contribution in [2.24, 2.45) is 0 Å². The van der Waals surface area contributed by atoms with E-state index in [2.05, 4.69) is 43.4 Å². The van der Waals surface area contributed by atoms with Crippen LogP contribution < -0.4 is 10.2 Å². The van der Waals surface area contributed by atoms with Gasteiger partial charge in [-0.2, -0.15) is 0 Å². The van der Waals surface area contributed by atoms with Crippen LogP contribution in [-0.4, -0.2) is 42.4 Å². The highest BCUT2D eigenvalue weighted by Gasteiger charge is 2.34. The number of nitrogens with one attached hydrogen (secondary N) is 2. The highest BCUT2D eigenvalue weighted by Crippen LogP contribution is 2.17. The first kappa shape index (κ1) is 23.0. The zero-order valence-electron chi connectivity index (χ0n) is 19.3. The molecule has 3 rings (SSSR count). The fourth-order valence-electron chi connectivity index (χ4n) is 3.93. The van der Waals surface area contributed by atoms with E-state index in [1.165, 1.54) is 28.9 Å². The second kappa shape index (κ2) is 10.6. The van der Waals surface area contributed by atoms with Crippen molar-refractivity contribution in [2.75, 3.05) is 25.0 Å². The summed E-state index contributed by atoms with van der Waals surface area (Å²) in [5.74, 6) is 0.569. The summed E-state index contributed by atoms with van der Waals surface area (Å²) >= 11 is 0. The molecule has 0 radical (unpaired) electrons. The molecule has 2 aromatic rings. The van der Waals surface area contributed by atoms with Gasteiger partial charge < -0.3 is 15.1 Å². The summed E-state index contributed by atoms with van der Waals surface area (Å²) < 4.78 is 0. The Morgan fingerprint density at radius 3 is 2.13 bits per heavy atom. The van der Waals surface area contributed by atoms with Crippen LogP contribution in [0.4, 0.5) is 5.69 Å². The molecule has 1 aliphatic carbocycles. The molecule has 5 heteroatoms. The molecule has 1 aliphatic rings. The van der Waals surface area contributed by atoms with Gasteiger partial charge in [-0.3, -0.25) is 9.59 Å². The zero-order valence-corrected chi connectivity index (χ0v) is 19.3. The van der Waals surface area contributed by atoms with Crippen LogP contribution in [0.5, 0.6) is 0 Å². The molecule has 166 valence electrons. The average Bonchev–Trinajstić information content (AvgIpc) is 3.60. The number of hydrogen-bond acceptors (Lipinski definition) is 2. The van der Waals surface area contributed by atoms with Crippen LogP contribution in [0.2, 0.25) is 0 Å². The topological polar surface area (TPSA) is 53.9 Å². The standard InChI is InChI=1S/C26H35N3O2/c1-5-28(6-2)26(31)22-11-13-23(14-12-22)27-25(30)18-29(24-15-16-24)17-20-7-9-21(10-8-20)19(3)4/h7-14,19,24H,5-6,15-18H2,1-4H3,(H,27,30)/p+1. The maximum Gasteiger partial charge on any atom is 0.279 e. The quantitative estimate of drug-likeness (QED) is 0.616. The fraction of sp³-hybridized carbons (Fsp3) is 0.462. The second-order valence-electron chi connectivity index (χ2n) is 8.79. The van der Waals surface area contributed by atoms with Crippen molar-refractivity contribution < 1.29 is 14.5 Å². The molecule has 5 nitrogen and oxygen atoms in total. The SMILES string of the molecule is CCN(CC)C(=O)c1ccc(NC(=O)C[NH+](Cc2ccc(C(C)C)cc2)C2CC2)cc1. The number of hydrogen-bond donors (Lipinski definition) is 2. The van der Waals surface area contributed by atoms with E-state index in [0.29, 0.717) is 37.2 Å². The van der Waals surface area contributed by atoms with Crippen LogP contribution in [0.1, 0.15) is 67.9 Å². The lowest BCUT2D eigenvalue weighted by Gasteiger charge is -2.20. The van der Waals surface area contributed by atoms with Crippen LogP contribution in [0.25, 0.3) is 0 Å². The van der Waals surface area contributed by atoms with Crippen LogP contribution in [0, 0.1) is 0 Å². The minimum atomic E-state index is 0.0171. The lowest BCUT2D eigenvalue weighted by atomic mass is 10.0. The third-order valence-corrected chi connectivity index (χ3v) is 6.09. The molecule has 1 unspecified atom stereocenters. The molecule has 0 heterocycles. The summed E-state index contributed by atoms with van der Waals surface area (Å²) in [7, 11) is 0. The number of rotatable bonds is 10. The Hall–Kier alpha value is -2.66. The Morgan fingerprint density at radius 1 is 1.00 bits per heavy atom. The molecule has 31 heavy (non-hydrogen) atoms. The van der Waals surface area contributed by atoms with Gasteiger partial charge in [0.1, 0.15) is 6.54 Å². The monoisotopic (exact) mass is 422 g/mol. The van der Waals surface area contributed by atoms with Crippen molar-refractivity contribution in [3.05, 3.63) is 65.2 Å². The van der Waals surface area contributed by atoms with Crippen LogP contribution in [-0.2, 0) is 11.3 Å². The van der Waals surface area contributed by atoms with Crippen LogP contribution in [0.3, 0.4) is 0 Å². The summed E-state index contributed by atoms with van der Waals surface area (Å²) in [6.45, 7) is 11.1. The molecular weight excluding hydrogens is 386 g/mol. The summed E-state index contributed by atoms with van der Waals surface area (Å²) in [6.07, 6.45) is 2.38. The van der Waals surface area contributed by atoms with E-state index in [1.54, 1.807) is 17.0 Å². The first-order chi connectivity index (χ1) is 14.9. The van der Waals surface area contributed by atoms with Crippen molar-refractivity contribution in [3.8, 4) is 0 Å². The largest absolute Gasteiger partial charge is 0.339 e. The predicted octanol–water partition coefficient (Wildman–Crippen LogP) is 3.48. The number of carbonyl (C=O) groups is 2. The van der Waals surface area contributed by atoms with Gasteiger partial charge in [-0.05, 0) is 49.6 Å². The maximum absolute atomic E-state index is 12.7. The Labute approximate surface area is 186 Å². The van der Waals surface area contributed by atoms with Crippen molar-refractivity contribution in [2.45, 2.75) is 59.0 Å². The van der Waals surface area contributed by atoms with Gasteiger partial charge in [0.2, 0.25) is 0 Å². The van der Waals surface area contributed by atoms with Crippen molar-refractivity contribution in [1.82, 2.24) is 4.90 Å². The normalized spacial score (nSPS) is 14.4. The predicted molar refractivity (Wildman–Crippen MR) is 125 cm³/mol. The van der Waals surface area contributed by atoms with E-state index >= 15 is 0 Å². The van der Waals surface area contributed by atoms with Gasteiger partial charge in [0.15, 0.2) is 6.54 Å². The number of benzene rings is 2. The molecule has 1 fully saturated rings. The van der Waals surface area contributed by atoms with Crippen LogP contribution in [0.15, 0.2) is 48.5 Å². The third kappa shape index (κ3) is 6.41. The van der Waals surface area contributed by atoms with Crippen molar-refractivity contribution in [1.29, 1.82) is 0 Å². The van der Waals surface area contributed by atoms with E-state index in [0.717, 1.165) is 12.2 Å². The molecule has 0 spiro atoms. The minimum absolute atomic E-state index is 0.0171. The fourth-order valence-corrected chi connectivity index (χ4v) is 3.93. The minimum Gasteiger partial charge on any atom is -0.339 e. The smallest absolute Gasteiger partial charge is 0.279 e. The molecule has 0 aliphatic heterocycles. The summed E-state index contributed by atoms with van der Waals surface area (Å²) in [4.78, 5) is 28.2. The van der Waals surface area contributed by atoms with Gasteiger partial charge >= 0.3 is 0 Å². The molecule has 0 bridgehead atoms. The number of amides is 2. The first-order valence-corrected chi connectivity index (χ1v) is 11.5. The van der Waals surface area contributed by atoms with E-state index in [4.69, 9.17) is 0 Å². The molecule has 0 aromatic heterocycles. The van der Waals surface area contributed by atoms with E-state index in [9.17, 15) is 9.59 Å². The van der Waals surface area contributed by atoms with Gasteiger partial charge in [0.25, 0.3) is 11.8 Å². The number of anilines is 1. The highest BCUT2D eigenvalue weighted by atomic mass is 16.2. The molecule has 1 saturated carbocycles. The molecule has 2 N–H and O–H groups in total. The summed E-state index contributed by atoms with van der Waals surface area (Å²) in [6, 6.07) is 16.6. The van der Waals surface area contributed by atoms with E-state index in [-0.39, 0.29) is 11.8 Å². The number of nitrogens with zero attached hydrogens (tertiary/aromatic N) is 1. The zero-order chi connectivity index (χ0) is 22.4.